The summed E-state index contributed by atoms with van der Waals surface area (Å²) in [6.07, 6.45) is 15.5. The van der Waals surface area contributed by atoms with Crippen LogP contribution in [0.15, 0.2) is 0 Å². The summed E-state index contributed by atoms with van der Waals surface area (Å²) < 4.78 is 0. The number of hydrogen-bond donors (Lipinski definition) is 1. The number of piperidine rings is 1. The van der Waals surface area contributed by atoms with Crippen LogP contribution >= 0.6 is 0 Å². The highest BCUT2D eigenvalue weighted by atomic mass is 15.2. The van der Waals surface area contributed by atoms with E-state index >= 15 is 0 Å². The van der Waals surface area contributed by atoms with Gasteiger partial charge in [0.25, 0.3) is 0 Å². The van der Waals surface area contributed by atoms with Crippen LogP contribution in [-0.2, 0) is 0 Å². The monoisotopic (exact) mass is 292 g/mol. The zero-order valence-corrected chi connectivity index (χ0v) is 14.4. The lowest BCUT2D eigenvalue weighted by Crippen LogP contribution is -2.61. The standard InChI is InChI=1S/C19H36N2/c1-18(2)10-6-11-19(15-20,13-12-18)21-14-5-8-16-7-3-4-9-17(16)21/h16-17H,3-15,20H2,1-2H3/t16-,17-,19?/m1/s1. The second-order valence-corrected chi connectivity index (χ2v) is 8.89. The Bertz CT molecular complexity index is 349. The molecule has 0 aromatic heterocycles. The predicted molar refractivity (Wildman–Crippen MR) is 90.3 cm³/mol. The van der Waals surface area contributed by atoms with Crippen molar-refractivity contribution in [2.24, 2.45) is 17.1 Å². The van der Waals surface area contributed by atoms with E-state index in [0.29, 0.717) is 11.0 Å². The van der Waals surface area contributed by atoms with Gasteiger partial charge in [-0.1, -0.05) is 33.1 Å². The quantitative estimate of drug-likeness (QED) is 0.768. The van der Waals surface area contributed by atoms with E-state index in [9.17, 15) is 0 Å². The van der Waals surface area contributed by atoms with Crippen LogP contribution in [0.1, 0.15) is 84.5 Å². The summed E-state index contributed by atoms with van der Waals surface area (Å²) in [5, 5.41) is 0. The lowest BCUT2D eigenvalue weighted by Gasteiger charge is -2.54. The van der Waals surface area contributed by atoms with Crippen molar-refractivity contribution in [1.82, 2.24) is 4.90 Å². The van der Waals surface area contributed by atoms with Crippen molar-refractivity contribution in [3.8, 4) is 0 Å². The van der Waals surface area contributed by atoms with Crippen LogP contribution in [0.3, 0.4) is 0 Å². The molecule has 3 aliphatic rings. The lowest BCUT2D eigenvalue weighted by atomic mass is 9.74. The molecule has 21 heavy (non-hydrogen) atoms. The Kier molecular flexibility index (Phi) is 4.66. The SMILES string of the molecule is CC1(C)CCCC(CN)(N2CCC[C@H]3CCCC[C@H]32)CC1. The molecule has 2 heteroatoms. The first kappa shape index (κ1) is 15.8. The van der Waals surface area contributed by atoms with Gasteiger partial charge in [-0.05, 0) is 69.2 Å². The van der Waals surface area contributed by atoms with Crippen LogP contribution in [-0.4, -0.2) is 29.6 Å². The molecule has 1 aliphatic heterocycles. The van der Waals surface area contributed by atoms with Crippen molar-refractivity contribution in [3.05, 3.63) is 0 Å². The van der Waals surface area contributed by atoms with Gasteiger partial charge in [0, 0.05) is 18.1 Å². The molecule has 0 aromatic rings. The van der Waals surface area contributed by atoms with Gasteiger partial charge in [-0.2, -0.15) is 0 Å². The summed E-state index contributed by atoms with van der Waals surface area (Å²) in [5.74, 6) is 0.979. The smallest absolute Gasteiger partial charge is 0.0335 e. The minimum Gasteiger partial charge on any atom is -0.329 e. The van der Waals surface area contributed by atoms with Gasteiger partial charge in [0.2, 0.25) is 0 Å². The van der Waals surface area contributed by atoms with Crippen molar-refractivity contribution in [1.29, 1.82) is 0 Å². The van der Waals surface area contributed by atoms with Gasteiger partial charge in [0.1, 0.15) is 0 Å². The number of likely N-dealkylation sites (tertiary alicyclic amines) is 1. The van der Waals surface area contributed by atoms with Crippen molar-refractivity contribution in [3.63, 3.8) is 0 Å². The Morgan fingerprint density at radius 1 is 0.905 bits per heavy atom. The second-order valence-electron chi connectivity index (χ2n) is 8.89. The Balaban J connectivity index is 1.80. The number of hydrogen-bond acceptors (Lipinski definition) is 2. The van der Waals surface area contributed by atoms with E-state index in [1.54, 1.807) is 0 Å². The maximum atomic E-state index is 6.41. The fourth-order valence-corrected chi connectivity index (χ4v) is 5.54. The third kappa shape index (κ3) is 3.17. The zero-order valence-electron chi connectivity index (χ0n) is 14.4. The molecular weight excluding hydrogens is 256 g/mol. The van der Waals surface area contributed by atoms with E-state index < -0.39 is 0 Å². The van der Waals surface area contributed by atoms with Crippen LogP contribution < -0.4 is 5.73 Å². The van der Waals surface area contributed by atoms with Gasteiger partial charge in [0.05, 0.1) is 0 Å². The molecule has 0 amide bonds. The first-order valence-electron chi connectivity index (χ1n) is 9.53. The van der Waals surface area contributed by atoms with Gasteiger partial charge < -0.3 is 5.73 Å². The summed E-state index contributed by atoms with van der Waals surface area (Å²) >= 11 is 0. The fourth-order valence-electron chi connectivity index (χ4n) is 5.54. The molecule has 1 unspecified atom stereocenters. The summed E-state index contributed by atoms with van der Waals surface area (Å²) in [5.41, 5.74) is 7.26. The summed E-state index contributed by atoms with van der Waals surface area (Å²) in [6, 6.07) is 0.859. The molecule has 1 heterocycles. The summed E-state index contributed by atoms with van der Waals surface area (Å²) in [4.78, 5) is 2.93. The number of nitrogens with zero attached hydrogens (tertiary/aromatic N) is 1. The third-order valence-corrected chi connectivity index (χ3v) is 7.00. The number of rotatable bonds is 2. The minimum absolute atomic E-state index is 0.328. The molecule has 2 saturated carbocycles. The summed E-state index contributed by atoms with van der Waals surface area (Å²) in [6.45, 7) is 7.11. The summed E-state index contributed by atoms with van der Waals surface area (Å²) in [7, 11) is 0. The van der Waals surface area contributed by atoms with Crippen molar-refractivity contribution in [2.75, 3.05) is 13.1 Å². The molecule has 2 N–H and O–H groups in total. The van der Waals surface area contributed by atoms with Crippen LogP contribution in [0.4, 0.5) is 0 Å². The molecule has 1 saturated heterocycles. The normalized spacial score (nSPS) is 41.3. The molecule has 0 aromatic carbocycles. The molecule has 122 valence electrons. The van der Waals surface area contributed by atoms with E-state index in [1.165, 1.54) is 77.2 Å². The molecule has 2 nitrogen and oxygen atoms in total. The molecule has 3 rings (SSSR count). The maximum Gasteiger partial charge on any atom is 0.0335 e. The number of fused-ring (bicyclic) bond motifs is 1. The molecule has 3 fully saturated rings. The Morgan fingerprint density at radius 2 is 1.67 bits per heavy atom. The van der Waals surface area contributed by atoms with E-state index in [2.05, 4.69) is 18.7 Å². The van der Waals surface area contributed by atoms with Gasteiger partial charge in [0.15, 0.2) is 0 Å². The van der Waals surface area contributed by atoms with Crippen molar-refractivity contribution in [2.45, 2.75) is 96.1 Å². The molecule has 3 atom stereocenters. The first-order chi connectivity index (χ1) is 10.1. The molecule has 0 spiro atoms. The lowest BCUT2D eigenvalue weighted by molar-refractivity contribution is -0.0341. The Hall–Kier alpha value is -0.0800. The van der Waals surface area contributed by atoms with E-state index in [0.717, 1.165) is 18.5 Å². The minimum atomic E-state index is 0.328. The second kappa shape index (κ2) is 6.20. The molecule has 2 aliphatic carbocycles. The highest BCUT2D eigenvalue weighted by Crippen LogP contribution is 2.45. The Morgan fingerprint density at radius 3 is 2.48 bits per heavy atom. The molecular formula is C19H36N2. The van der Waals surface area contributed by atoms with Gasteiger partial charge >= 0.3 is 0 Å². The average Bonchev–Trinajstić information content (AvgIpc) is 2.66. The topological polar surface area (TPSA) is 29.3 Å². The highest BCUT2D eigenvalue weighted by Gasteiger charge is 2.45. The Labute approximate surface area is 131 Å². The largest absolute Gasteiger partial charge is 0.329 e. The third-order valence-electron chi connectivity index (χ3n) is 7.00. The van der Waals surface area contributed by atoms with Crippen LogP contribution in [0.25, 0.3) is 0 Å². The van der Waals surface area contributed by atoms with E-state index in [4.69, 9.17) is 5.73 Å². The van der Waals surface area contributed by atoms with Gasteiger partial charge in [-0.25, -0.2) is 0 Å². The van der Waals surface area contributed by atoms with Crippen molar-refractivity contribution < 1.29 is 0 Å². The molecule has 0 radical (unpaired) electrons. The first-order valence-corrected chi connectivity index (χ1v) is 9.53. The zero-order chi connectivity index (χ0) is 14.9. The van der Waals surface area contributed by atoms with Gasteiger partial charge in [-0.3, -0.25) is 4.90 Å². The highest BCUT2D eigenvalue weighted by molar-refractivity contribution is 5.01. The molecule has 0 bridgehead atoms. The maximum absolute atomic E-state index is 6.41. The van der Waals surface area contributed by atoms with E-state index in [1.807, 2.05) is 0 Å². The van der Waals surface area contributed by atoms with Crippen LogP contribution in [0.2, 0.25) is 0 Å². The van der Waals surface area contributed by atoms with Crippen LogP contribution in [0.5, 0.6) is 0 Å². The average molecular weight is 293 g/mol. The fraction of sp³-hybridized carbons (Fsp3) is 1.00. The number of nitrogens with two attached hydrogens (primary N) is 1. The van der Waals surface area contributed by atoms with Gasteiger partial charge in [-0.15, -0.1) is 0 Å². The van der Waals surface area contributed by atoms with Crippen LogP contribution in [0, 0.1) is 11.3 Å². The predicted octanol–water partition coefficient (Wildman–Crippen LogP) is 4.33. The van der Waals surface area contributed by atoms with Crippen molar-refractivity contribution >= 4 is 0 Å². The van der Waals surface area contributed by atoms with E-state index in [-0.39, 0.29) is 0 Å².